The van der Waals surface area contributed by atoms with Crippen LogP contribution in [0, 0.1) is 5.82 Å². The highest BCUT2D eigenvalue weighted by molar-refractivity contribution is 5.99. The summed E-state index contributed by atoms with van der Waals surface area (Å²) in [6, 6.07) is 16.3. The molecule has 4 rings (SSSR count). The maximum atomic E-state index is 13.8. The van der Waals surface area contributed by atoms with E-state index in [1.54, 1.807) is 0 Å². The minimum atomic E-state index is -0.983. The molecular formula is C29H31FN4O6. The number of hydrogen-bond donors (Lipinski definition) is 2. The molecule has 0 bridgehead atoms. The van der Waals surface area contributed by atoms with E-state index in [0.29, 0.717) is 22.9 Å². The second-order valence-corrected chi connectivity index (χ2v) is 9.01. The molecule has 1 saturated heterocycles. The minimum absolute atomic E-state index is 0.0518. The fourth-order valence-corrected chi connectivity index (χ4v) is 4.44. The third-order valence-corrected chi connectivity index (χ3v) is 6.55. The molecule has 2 N–H and O–H groups in total. The maximum Gasteiger partial charge on any atom is 0.321 e. The molecule has 3 aromatic rings. The summed E-state index contributed by atoms with van der Waals surface area (Å²) in [6.07, 6.45) is 0. The average Bonchev–Trinajstić information content (AvgIpc) is 2.99. The van der Waals surface area contributed by atoms with Gasteiger partial charge >= 0.3 is 6.03 Å². The standard InChI is InChI=1S/C29H31FN4O6/c1-38-24-15-20(16-25(39-2)26(24)40-3)28(36)34-14-13-33(29(37)32-22-11-9-21(30)10-12-22)18-23(34)27(35)31-17-19-7-5-4-6-8-19/h4-12,15-16,23H,13-14,17-18H2,1-3H3,(H,31,35)(H,32,37). The number of rotatable bonds is 8. The summed E-state index contributed by atoms with van der Waals surface area (Å²) in [7, 11) is 4.36. The number of carbonyl (C=O) groups excluding carboxylic acids is 3. The first-order valence-electron chi connectivity index (χ1n) is 12.6. The van der Waals surface area contributed by atoms with Gasteiger partial charge in [-0.1, -0.05) is 30.3 Å². The van der Waals surface area contributed by atoms with Crippen molar-refractivity contribution in [2.24, 2.45) is 0 Å². The number of urea groups is 1. The number of methoxy groups -OCH3 is 3. The zero-order valence-electron chi connectivity index (χ0n) is 22.5. The summed E-state index contributed by atoms with van der Waals surface area (Å²) in [5, 5.41) is 5.59. The Bertz CT molecular complexity index is 1330. The van der Waals surface area contributed by atoms with Crippen LogP contribution in [0.15, 0.2) is 66.7 Å². The second-order valence-electron chi connectivity index (χ2n) is 9.01. The SMILES string of the molecule is COc1cc(C(=O)N2CCN(C(=O)Nc3ccc(F)cc3)CC2C(=O)NCc2ccccc2)cc(OC)c1OC. The number of amides is 4. The smallest absolute Gasteiger partial charge is 0.321 e. The summed E-state index contributed by atoms with van der Waals surface area (Å²) in [5.41, 5.74) is 1.53. The Kier molecular flexibility index (Phi) is 9.05. The van der Waals surface area contributed by atoms with Crippen LogP contribution >= 0.6 is 0 Å². The van der Waals surface area contributed by atoms with Crippen molar-refractivity contribution in [1.29, 1.82) is 0 Å². The number of benzene rings is 3. The number of nitrogens with one attached hydrogen (secondary N) is 2. The van der Waals surface area contributed by atoms with Crippen LogP contribution in [0.3, 0.4) is 0 Å². The average molecular weight is 551 g/mol. The molecule has 0 saturated carbocycles. The predicted molar refractivity (Wildman–Crippen MR) is 146 cm³/mol. The van der Waals surface area contributed by atoms with Crippen molar-refractivity contribution in [2.45, 2.75) is 12.6 Å². The number of carbonyl (C=O) groups is 3. The summed E-state index contributed by atoms with van der Waals surface area (Å²) < 4.78 is 29.4. The molecule has 210 valence electrons. The third-order valence-electron chi connectivity index (χ3n) is 6.55. The van der Waals surface area contributed by atoms with E-state index in [0.717, 1.165) is 5.56 Å². The summed E-state index contributed by atoms with van der Waals surface area (Å²) in [4.78, 5) is 43.1. The fourth-order valence-electron chi connectivity index (χ4n) is 4.44. The maximum absolute atomic E-state index is 13.8. The molecule has 1 fully saturated rings. The molecular weight excluding hydrogens is 519 g/mol. The van der Waals surface area contributed by atoms with Crippen LogP contribution in [0.2, 0.25) is 0 Å². The molecule has 0 spiro atoms. The lowest BCUT2D eigenvalue weighted by atomic mass is 10.1. The molecule has 11 heteroatoms. The molecule has 1 heterocycles. The molecule has 0 aromatic heterocycles. The molecule has 10 nitrogen and oxygen atoms in total. The molecule has 1 aliphatic rings. The predicted octanol–water partition coefficient (Wildman–Crippen LogP) is 3.53. The highest BCUT2D eigenvalue weighted by Crippen LogP contribution is 2.38. The normalized spacial score (nSPS) is 14.8. The third kappa shape index (κ3) is 6.42. The minimum Gasteiger partial charge on any atom is -0.493 e. The van der Waals surface area contributed by atoms with Gasteiger partial charge in [-0.15, -0.1) is 0 Å². The van der Waals surface area contributed by atoms with Crippen molar-refractivity contribution in [3.63, 3.8) is 0 Å². The lowest BCUT2D eigenvalue weighted by molar-refractivity contribution is -0.127. The van der Waals surface area contributed by atoms with Gasteiger partial charge in [0.2, 0.25) is 11.7 Å². The quantitative estimate of drug-likeness (QED) is 0.444. The summed E-state index contributed by atoms with van der Waals surface area (Å²) in [5.74, 6) is -0.338. The highest BCUT2D eigenvalue weighted by Gasteiger charge is 2.38. The molecule has 1 aliphatic heterocycles. The van der Waals surface area contributed by atoms with Gasteiger partial charge in [-0.05, 0) is 42.0 Å². The molecule has 0 aliphatic carbocycles. The first-order valence-corrected chi connectivity index (χ1v) is 12.6. The van der Waals surface area contributed by atoms with Gasteiger partial charge in [-0.3, -0.25) is 9.59 Å². The van der Waals surface area contributed by atoms with E-state index in [-0.39, 0.29) is 31.7 Å². The van der Waals surface area contributed by atoms with Crippen molar-refractivity contribution in [3.05, 3.63) is 83.7 Å². The van der Waals surface area contributed by atoms with Gasteiger partial charge in [0.15, 0.2) is 11.5 Å². The van der Waals surface area contributed by atoms with Crippen LogP contribution in [0.5, 0.6) is 17.2 Å². The van der Waals surface area contributed by atoms with E-state index < -0.39 is 29.7 Å². The van der Waals surface area contributed by atoms with E-state index in [4.69, 9.17) is 14.2 Å². The van der Waals surface area contributed by atoms with Crippen LogP contribution in [0.25, 0.3) is 0 Å². The Morgan fingerprint density at radius 3 is 2.15 bits per heavy atom. The van der Waals surface area contributed by atoms with Gasteiger partial charge in [0.25, 0.3) is 5.91 Å². The van der Waals surface area contributed by atoms with Gasteiger partial charge in [-0.25, -0.2) is 9.18 Å². The Morgan fingerprint density at radius 1 is 0.900 bits per heavy atom. The Labute approximate surface area is 231 Å². The Balaban J connectivity index is 1.58. The highest BCUT2D eigenvalue weighted by atomic mass is 19.1. The monoisotopic (exact) mass is 550 g/mol. The van der Waals surface area contributed by atoms with Crippen molar-refractivity contribution < 1.29 is 33.0 Å². The second kappa shape index (κ2) is 12.8. The summed E-state index contributed by atoms with van der Waals surface area (Å²) >= 11 is 0. The van der Waals surface area contributed by atoms with Crippen LogP contribution in [-0.2, 0) is 11.3 Å². The van der Waals surface area contributed by atoms with Crippen molar-refractivity contribution in [1.82, 2.24) is 15.1 Å². The number of anilines is 1. The van der Waals surface area contributed by atoms with Gasteiger partial charge in [-0.2, -0.15) is 0 Å². The Hall–Kier alpha value is -4.80. The zero-order valence-corrected chi connectivity index (χ0v) is 22.5. The number of piperazine rings is 1. The van der Waals surface area contributed by atoms with Crippen LogP contribution in [0.1, 0.15) is 15.9 Å². The van der Waals surface area contributed by atoms with E-state index in [1.165, 1.54) is 67.5 Å². The van der Waals surface area contributed by atoms with Crippen molar-refractivity contribution in [3.8, 4) is 17.2 Å². The molecule has 40 heavy (non-hydrogen) atoms. The zero-order chi connectivity index (χ0) is 28.6. The summed E-state index contributed by atoms with van der Waals surface area (Å²) in [6.45, 7) is 0.468. The van der Waals surface area contributed by atoms with E-state index >= 15 is 0 Å². The first-order chi connectivity index (χ1) is 19.3. The van der Waals surface area contributed by atoms with Crippen molar-refractivity contribution in [2.75, 3.05) is 46.3 Å². The van der Waals surface area contributed by atoms with Crippen molar-refractivity contribution >= 4 is 23.5 Å². The number of hydrogen-bond acceptors (Lipinski definition) is 6. The van der Waals surface area contributed by atoms with E-state index in [1.807, 2.05) is 30.3 Å². The lowest BCUT2D eigenvalue weighted by Crippen LogP contribution is -2.62. The van der Waals surface area contributed by atoms with Crippen LogP contribution in [0.4, 0.5) is 14.9 Å². The largest absolute Gasteiger partial charge is 0.493 e. The molecule has 1 atom stereocenters. The van der Waals surface area contributed by atoms with Gasteiger partial charge in [0, 0.05) is 30.9 Å². The first kappa shape index (κ1) is 28.2. The number of halogens is 1. The van der Waals surface area contributed by atoms with Gasteiger partial charge in [0.1, 0.15) is 11.9 Å². The Morgan fingerprint density at radius 2 is 1.55 bits per heavy atom. The number of nitrogens with zero attached hydrogens (tertiary/aromatic N) is 2. The van der Waals surface area contributed by atoms with E-state index in [2.05, 4.69) is 10.6 Å². The van der Waals surface area contributed by atoms with Gasteiger partial charge < -0.3 is 34.6 Å². The number of ether oxygens (including phenoxy) is 3. The van der Waals surface area contributed by atoms with Crippen LogP contribution < -0.4 is 24.8 Å². The lowest BCUT2D eigenvalue weighted by Gasteiger charge is -2.40. The van der Waals surface area contributed by atoms with Gasteiger partial charge in [0.05, 0.1) is 27.9 Å². The van der Waals surface area contributed by atoms with E-state index in [9.17, 15) is 18.8 Å². The molecule has 1 unspecified atom stereocenters. The molecule has 3 aromatic carbocycles. The fraction of sp³-hybridized carbons (Fsp3) is 0.276. The molecule has 0 radical (unpaired) electrons. The topological polar surface area (TPSA) is 109 Å². The van der Waals surface area contributed by atoms with Crippen LogP contribution in [-0.4, -0.2) is 74.7 Å². The molecule has 4 amide bonds.